The van der Waals surface area contributed by atoms with Crippen LogP contribution < -0.4 is 29.6 Å². The largest absolute Gasteiger partial charge is 1.00 e. The molecule has 0 radical (unpaired) electrons. The van der Waals surface area contributed by atoms with Gasteiger partial charge in [0.2, 0.25) is 0 Å². The number of carbonyl (C=O) groups excluding carboxylic acids is 1. The van der Waals surface area contributed by atoms with Crippen LogP contribution in [0.25, 0.3) is 0 Å². The average molecular weight is 191 g/mol. The Balaban J connectivity index is 0.00000121. The summed E-state index contributed by atoms with van der Waals surface area (Å²) in [5.41, 5.74) is 0.500. The van der Waals surface area contributed by atoms with E-state index in [9.17, 15) is 4.79 Å². The summed E-state index contributed by atoms with van der Waals surface area (Å²) in [5.74, 6) is -0.0188. The van der Waals surface area contributed by atoms with Crippen LogP contribution in [0.1, 0.15) is 17.3 Å². The summed E-state index contributed by atoms with van der Waals surface area (Å²) < 4.78 is 0. The summed E-state index contributed by atoms with van der Waals surface area (Å²) in [5, 5.41) is 9.12. The molecule has 1 aromatic carbocycles. The molecule has 1 N–H and O–H groups in total. The van der Waals surface area contributed by atoms with E-state index >= 15 is 0 Å². The third kappa shape index (κ3) is 2.83. The maximum absolute atomic E-state index is 10.8. The van der Waals surface area contributed by atoms with E-state index in [4.69, 9.17) is 5.11 Å². The SMILES string of the molecule is CC(=O)c1ccc(S)c(O)c1.[Na+]. The second-order valence-electron chi connectivity index (χ2n) is 2.26. The van der Waals surface area contributed by atoms with E-state index in [0.29, 0.717) is 10.5 Å². The molecule has 0 unspecified atom stereocenters. The fraction of sp³-hybridized carbons (Fsp3) is 0.125. The molecule has 1 aromatic rings. The number of aromatic hydroxyl groups is 1. The molecule has 0 amide bonds. The van der Waals surface area contributed by atoms with Gasteiger partial charge in [0.1, 0.15) is 5.75 Å². The minimum Gasteiger partial charge on any atom is -0.507 e. The van der Waals surface area contributed by atoms with E-state index in [1.54, 1.807) is 12.1 Å². The van der Waals surface area contributed by atoms with Crippen LogP contribution in [-0.4, -0.2) is 10.9 Å². The Hall–Kier alpha value is 0.0400. The van der Waals surface area contributed by atoms with Gasteiger partial charge in [0.25, 0.3) is 0 Å². The van der Waals surface area contributed by atoms with Gasteiger partial charge in [0.05, 0.1) is 0 Å². The van der Waals surface area contributed by atoms with E-state index < -0.39 is 0 Å². The number of ketones is 1. The van der Waals surface area contributed by atoms with Gasteiger partial charge >= 0.3 is 29.6 Å². The number of phenols is 1. The molecule has 0 atom stereocenters. The quantitative estimate of drug-likeness (QED) is 0.335. The molecule has 0 heterocycles. The fourth-order valence-corrected chi connectivity index (χ4v) is 0.882. The summed E-state index contributed by atoms with van der Waals surface area (Å²) in [7, 11) is 0. The van der Waals surface area contributed by atoms with Crippen LogP contribution in [0.15, 0.2) is 23.1 Å². The molecular weight excluding hydrogens is 183 g/mol. The first kappa shape index (κ1) is 12.0. The summed E-state index contributed by atoms with van der Waals surface area (Å²) in [4.78, 5) is 11.3. The van der Waals surface area contributed by atoms with Crippen molar-refractivity contribution in [2.45, 2.75) is 11.8 Å². The molecule has 0 aliphatic carbocycles. The molecule has 0 aromatic heterocycles. The number of rotatable bonds is 1. The van der Waals surface area contributed by atoms with E-state index in [-0.39, 0.29) is 41.1 Å². The van der Waals surface area contributed by atoms with Crippen LogP contribution in [-0.2, 0) is 0 Å². The molecule has 12 heavy (non-hydrogen) atoms. The van der Waals surface area contributed by atoms with Crippen molar-refractivity contribution in [2.24, 2.45) is 0 Å². The van der Waals surface area contributed by atoms with Gasteiger partial charge < -0.3 is 5.11 Å². The van der Waals surface area contributed by atoms with Gasteiger partial charge in [-0.05, 0) is 19.1 Å². The number of hydrogen-bond donors (Lipinski definition) is 2. The molecule has 0 fully saturated rings. The summed E-state index contributed by atoms with van der Waals surface area (Å²) in [6.07, 6.45) is 0. The van der Waals surface area contributed by atoms with Crippen LogP contribution >= 0.6 is 12.6 Å². The van der Waals surface area contributed by atoms with Gasteiger partial charge in [-0.25, -0.2) is 0 Å². The summed E-state index contributed by atoms with van der Waals surface area (Å²) in [6.45, 7) is 1.45. The van der Waals surface area contributed by atoms with Crippen molar-refractivity contribution in [3.63, 3.8) is 0 Å². The molecule has 1 rings (SSSR count). The minimum atomic E-state index is -0.0615. The fourth-order valence-electron chi connectivity index (χ4n) is 0.742. The van der Waals surface area contributed by atoms with Crippen LogP contribution in [0, 0.1) is 0 Å². The van der Waals surface area contributed by atoms with Gasteiger partial charge in [-0.1, -0.05) is 6.07 Å². The normalized spacial score (nSPS) is 8.83. The molecule has 4 heteroatoms. The van der Waals surface area contributed by atoms with Gasteiger partial charge in [-0.3, -0.25) is 4.79 Å². The van der Waals surface area contributed by atoms with Crippen molar-refractivity contribution in [1.29, 1.82) is 0 Å². The predicted molar refractivity (Wildman–Crippen MR) is 45.4 cm³/mol. The predicted octanol–water partition coefficient (Wildman–Crippen LogP) is -1.11. The maximum Gasteiger partial charge on any atom is 1.00 e. The molecule has 0 saturated heterocycles. The number of hydrogen-bond acceptors (Lipinski definition) is 3. The third-order valence-electron chi connectivity index (χ3n) is 1.38. The smallest absolute Gasteiger partial charge is 0.507 e. The Morgan fingerprint density at radius 2 is 2.08 bits per heavy atom. The van der Waals surface area contributed by atoms with Gasteiger partial charge in [-0.2, -0.15) is 0 Å². The van der Waals surface area contributed by atoms with E-state index in [1.807, 2.05) is 0 Å². The zero-order valence-corrected chi connectivity index (χ0v) is 9.93. The van der Waals surface area contributed by atoms with Crippen molar-refractivity contribution in [1.82, 2.24) is 0 Å². The number of phenolic OH excluding ortho intramolecular Hbond substituents is 1. The maximum atomic E-state index is 10.8. The van der Waals surface area contributed by atoms with Gasteiger partial charge in [0, 0.05) is 10.5 Å². The van der Waals surface area contributed by atoms with E-state index in [1.165, 1.54) is 13.0 Å². The third-order valence-corrected chi connectivity index (χ3v) is 1.76. The Labute approximate surface area is 98.7 Å². The first-order chi connectivity index (χ1) is 5.11. The number of thiol groups is 1. The molecule has 0 aliphatic heterocycles. The van der Waals surface area contributed by atoms with Crippen LogP contribution in [0.5, 0.6) is 5.75 Å². The minimum absolute atomic E-state index is 0. The van der Waals surface area contributed by atoms with Crippen LogP contribution in [0.2, 0.25) is 0 Å². The Bertz CT molecular complexity index is 299. The molecule has 0 spiro atoms. The van der Waals surface area contributed by atoms with Gasteiger partial charge in [0.15, 0.2) is 5.78 Å². The van der Waals surface area contributed by atoms with E-state index in [2.05, 4.69) is 12.6 Å². The first-order valence-electron chi connectivity index (χ1n) is 3.14. The second-order valence-corrected chi connectivity index (χ2v) is 2.74. The van der Waals surface area contributed by atoms with Crippen molar-refractivity contribution in [3.05, 3.63) is 23.8 Å². The zero-order chi connectivity index (χ0) is 8.43. The molecule has 58 valence electrons. The summed E-state index contributed by atoms with van der Waals surface area (Å²) in [6, 6.07) is 4.63. The van der Waals surface area contributed by atoms with Crippen molar-refractivity contribution >= 4 is 18.4 Å². The number of Topliss-reactive ketones (excluding diaryl/α,β-unsaturated/α-hetero) is 1. The number of benzene rings is 1. The molecular formula is C8H8NaO2S+. The average Bonchev–Trinajstić information content (AvgIpc) is 1.94. The van der Waals surface area contributed by atoms with Crippen LogP contribution in [0.3, 0.4) is 0 Å². The molecule has 0 aliphatic rings. The zero-order valence-electron chi connectivity index (χ0n) is 7.03. The monoisotopic (exact) mass is 191 g/mol. The van der Waals surface area contributed by atoms with Crippen molar-refractivity contribution in [3.8, 4) is 5.75 Å². The van der Waals surface area contributed by atoms with E-state index in [0.717, 1.165) is 0 Å². The second kappa shape index (κ2) is 4.92. The Morgan fingerprint density at radius 3 is 2.50 bits per heavy atom. The van der Waals surface area contributed by atoms with Crippen LogP contribution in [0.4, 0.5) is 0 Å². The summed E-state index contributed by atoms with van der Waals surface area (Å²) >= 11 is 3.95. The standard InChI is InChI=1S/C8H8O2S.Na/c1-5(9)6-2-3-8(11)7(10)4-6;/h2-4,10-11H,1H3;/q;+1. The first-order valence-corrected chi connectivity index (χ1v) is 3.59. The Kier molecular flexibility index (Phi) is 4.94. The van der Waals surface area contributed by atoms with Gasteiger partial charge in [-0.15, -0.1) is 12.6 Å². The topological polar surface area (TPSA) is 37.3 Å². The number of carbonyl (C=O) groups is 1. The van der Waals surface area contributed by atoms with Crippen molar-refractivity contribution in [2.75, 3.05) is 0 Å². The van der Waals surface area contributed by atoms with Crippen molar-refractivity contribution < 1.29 is 39.5 Å². The molecule has 0 bridgehead atoms. The molecule has 2 nitrogen and oxygen atoms in total. The Morgan fingerprint density at radius 1 is 1.50 bits per heavy atom. The molecule has 0 saturated carbocycles.